The Morgan fingerprint density at radius 3 is 2.65 bits per heavy atom. The van der Waals surface area contributed by atoms with E-state index in [1.807, 2.05) is 0 Å². The molecule has 2 N–H and O–H groups in total. The Morgan fingerprint density at radius 1 is 1.60 bits per heavy atom. The molecule has 0 spiro atoms. The van der Waals surface area contributed by atoms with Crippen LogP contribution in [0.1, 0.15) is 24.2 Å². The summed E-state index contributed by atoms with van der Waals surface area (Å²) in [7, 11) is 3.08. The molecule has 0 aliphatic rings. The molecule has 1 heterocycles. The van der Waals surface area contributed by atoms with Crippen LogP contribution < -0.4 is 5.32 Å². The SMILES string of the molecule is CNc1cc(C(=O)N(C)CC(C)(C)O)c([N+](=O)[O-])cn1. The Morgan fingerprint density at radius 2 is 2.20 bits per heavy atom. The molecule has 0 aliphatic heterocycles. The van der Waals surface area contributed by atoms with Crippen molar-refractivity contribution in [1.29, 1.82) is 0 Å². The van der Waals surface area contributed by atoms with Gasteiger partial charge in [-0.2, -0.15) is 0 Å². The molecule has 0 atom stereocenters. The topological polar surface area (TPSA) is 109 Å². The zero-order chi connectivity index (χ0) is 15.5. The van der Waals surface area contributed by atoms with Crippen molar-refractivity contribution < 1.29 is 14.8 Å². The summed E-state index contributed by atoms with van der Waals surface area (Å²) in [5.41, 5.74) is -1.52. The van der Waals surface area contributed by atoms with Gasteiger partial charge in [0, 0.05) is 26.7 Å². The van der Waals surface area contributed by atoms with Gasteiger partial charge in [0.15, 0.2) is 0 Å². The number of carbonyl (C=O) groups is 1. The number of nitrogens with zero attached hydrogens (tertiary/aromatic N) is 3. The maximum Gasteiger partial charge on any atom is 0.300 e. The van der Waals surface area contributed by atoms with E-state index in [0.29, 0.717) is 5.82 Å². The largest absolute Gasteiger partial charge is 0.389 e. The number of aromatic nitrogens is 1. The molecule has 0 radical (unpaired) electrons. The third kappa shape index (κ3) is 3.89. The third-order valence-electron chi connectivity index (χ3n) is 2.54. The number of hydrogen-bond donors (Lipinski definition) is 2. The molecule has 20 heavy (non-hydrogen) atoms. The van der Waals surface area contributed by atoms with Crippen molar-refractivity contribution in [3.05, 3.63) is 27.9 Å². The molecule has 8 nitrogen and oxygen atoms in total. The second kappa shape index (κ2) is 5.83. The van der Waals surface area contributed by atoms with Crippen molar-refractivity contribution in [2.45, 2.75) is 19.4 Å². The first-order valence-electron chi connectivity index (χ1n) is 5.95. The Hall–Kier alpha value is -2.22. The van der Waals surface area contributed by atoms with Crippen molar-refractivity contribution >= 4 is 17.4 Å². The molecule has 110 valence electrons. The van der Waals surface area contributed by atoms with Crippen LogP contribution in [0.3, 0.4) is 0 Å². The average Bonchev–Trinajstić information content (AvgIpc) is 2.34. The predicted octanol–water partition coefficient (Wildman–Crippen LogP) is 0.874. The van der Waals surface area contributed by atoms with Gasteiger partial charge in [-0.1, -0.05) is 0 Å². The summed E-state index contributed by atoms with van der Waals surface area (Å²) in [6.45, 7) is 3.16. The van der Waals surface area contributed by atoms with Crippen LogP contribution in [0.5, 0.6) is 0 Å². The second-order valence-corrected chi connectivity index (χ2v) is 5.07. The minimum Gasteiger partial charge on any atom is -0.389 e. The first-order valence-corrected chi connectivity index (χ1v) is 5.95. The molecule has 0 aliphatic carbocycles. The summed E-state index contributed by atoms with van der Waals surface area (Å²) >= 11 is 0. The molecule has 1 aromatic heterocycles. The Kier molecular flexibility index (Phi) is 4.61. The van der Waals surface area contributed by atoms with Gasteiger partial charge in [0.1, 0.15) is 17.6 Å². The number of hydrogen-bond acceptors (Lipinski definition) is 6. The van der Waals surface area contributed by atoms with Gasteiger partial charge >= 0.3 is 0 Å². The van der Waals surface area contributed by atoms with Crippen LogP contribution >= 0.6 is 0 Å². The van der Waals surface area contributed by atoms with Crippen LogP contribution in [0.15, 0.2) is 12.3 Å². The number of aliphatic hydroxyl groups is 1. The highest BCUT2D eigenvalue weighted by Gasteiger charge is 2.27. The molecule has 1 amide bonds. The summed E-state index contributed by atoms with van der Waals surface area (Å²) in [5, 5.41) is 23.4. The fourth-order valence-electron chi connectivity index (χ4n) is 1.76. The maximum atomic E-state index is 12.3. The highest BCUT2D eigenvalue weighted by molar-refractivity contribution is 5.98. The summed E-state index contributed by atoms with van der Waals surface area (Å²) in [4.78, 5) is 27.6. The van der Waals surface area contributed by atoms with Gasteiger partial charge in [0.05, 0.1) is 10.5 Å². The van der Waals surface area contributed by atoms with Gasteiger partial charge in [-0.25, -0.2) is 4.98 Å². The maximum absolute atomic E-state index is 12.3. The molecule has 0 saturated carbocycles. The van der Waals surface area contributed by atoms with Crippen LogP contribution in [0.4, 0.5) is 11.5 Å². The summed E-state index contributed by atoms with van der Waals surface area (Å²) in [6.07, 6.45) is 1.04. The zero-order valence-electron chi connectivity index (χ0n) is 11.9. The number of likely N-dealkylation sites (N-methyl/N-ethyl adjacent to an activating group) is 1. The second-order valence-electron chi connectivity index (χ2n) is 5.07. The highest BCUT2D eigenvalue weighted by atomic mass is 16.6. The fourth-order valence-corrected chi connectivity index (χ4v) is 1.76. The zero-order valence-corrected chi connectivity index (χ0v) is 11.9. The van der Waals surface area contributed by atoms with Crippen molar-refractivity contribution in [3.8, 4) is 0 Å². The third-order valence-corrected chi connectivity index (χ3v) is 2.54. The first kappa shape index (κ1) is 15.8. The predicted molar refractivity (Wildman–Crippen MR) is 73.7 cm³/mol. The van der Waals surface area contributed by atoms with Crippen LogP contribution in [0.25, 0.3) is 0 Å². The van der Waals surface area contributed by atoms with E-state index in [-0.39, 0.29) is 17.8 Å². The average molecular weight is 282 g/mol. The van der Waals surface area contributed by atoms with E-state index < -0.39 is 16.4 Å². The molecule has 1 aromatic rings. The summed E-state index contributed by atoms with van der Waals surface area (Å²) in [5.74, 6) is -0.187. The molecule has 0 saturated heterocycles. The van der Waals surface area contributed by atoms with Gasteiger partial charge < -0.3 is 15.3 Å². The van der Waals surface area contributed by atoms with E-state index in [9.17, 15) is 20.0 Å². The quantitative estimate of drug-likeness (QED) is 0.613. The number of amides is 1. The standard InChI is InChI=1S/C12H18N4O4/c1-12(2,18)7-15(4)11(17)8-5-10(13-3)14-6-9(8)16(19)20/h5-6,18H,7H2,1-4H3,(H,13,14). The molecule has 0 fully saturated rings. The molecular weight excluding hydrogens is 264 g/mol. The van der Waals surface area contributed by atoms with Gasteiger partial charge in [-0.15, -0.1) is 0 Å². The van der Waals surface area contributed by atoms with E-state index in [1.165, 1.54) is 18.0 Å². The Balaban J connectivity index is 3.16. The van der Waals surface area contributed by atoms with Crippen LogP contribution in [0, 0.1) is 10.1 Å². The molecular formula is C12H18N4O4. The van der Waals surface area contributed by atoms with E-state index in [0.717, 1.165) is 6.20 Å². The lowest BCUT2D eigenvalue weighted by Crippen LogP contribution is -2.39. The number of rotatable bonds is 5. The summed E-state index contributed by atoms with van der Waals surface area (Å²) in [6, 6.07) is 1.32. The van der Waals surface area contributed by atoms with Crippen molar-refractivity contribution in [2.24, 2.45) is 0 Å². The monoisotopic (exact) mass is 282 g/mol. The molecule has 0 aromatic carbocycles. The van der Waals surface area contributed by atoms with Gasteiger partial charge in [0.25, 0.3) is 11.6 Å². The number of nitrogens with one attached hydrogen (secondary N) is 1. The van der Waals surface area contributed by atoms with Gasteiger partial charge in [0.2, 0.25) is 0 Å². The van der Waals surface area contributed by atoms with Crippen LogP contribution in [-0.2, 0) is 0 Å². The van der Waals surface area contributed by atoms with Crippen molar-refractivity contribution in [1.82, 2.24) is 9.88 Å². The van der Waals surface area contributed by atoms with E-state index in [2.05, 4.69) is 10.3 Å². The highest BCUT2D eigenvalue weighted by Crippen LogP contribution is 2.22. The minimum absolute atomic E-state index is 0.0558. The first-order chi connectivity index (χ1) is 9.15. The van der Waals surface area contributed by atoms with Crippen LogP contribution in [0.2, 0.25) is 0 Å². The Labute approximate surface area is 116 Å². The summed E-state index contributed by atoms with van der Waals surface area (Å²) < 4.78 is 0. The van der Waals surface area contributed by atoms with Gasteiger partial charge in [-0.05, 0) is 13.8 Å². The number of nitro groups is 1. The number of anilines is 1. The lowest BCUT2D eigenvalue weighted by atomic mass is 10.1. The fraction of sp³-hybridized carbons (Fsp3) is 0.500. The molecule has 8 heteroatoms. The molecule has 0 bridgehead atoms. The lowest BCUT2D eigenvalue weighted by Gasteiger charge is -2.25. The minimum atomic E-state index is -1.09. The smallest absolute Gasteiger partial charge is 0.300 e. The van der Waals surface area contributed by atoms with Crippen molar-refractivity contribution in [2.75, 3.05) is 26.0 Å². The number of carbonyl (C=O) groups excluding carboxylic acids is 1. The van der Waals surface area contributed by atoms with Gasteiger partial charge in [-0.3, -0.25) is 14.9 Å². The normalized spacial score (nSPS) is 11.1. The van der Waals surface area contributed by atoms with E-state index in [1.54, 1.807) is 20.9 Å². The van der Waals surface area contributed by atoms with E-state index >= 15 is 0 Å². The lowest BCUT2D eigenvalue weighted by molar-refractivity contribution is -0.385. The molecule has 1 rings (SSSR count). The number of pyridine rings is 1. The molecule has 0 unspecified atom stereocenters. The van der Waals surface area contributed by atoms with Crippen LogP contribution in [-0.4, -0.2) is 52.1 Å². The van der Waals surface area contributed by atoms with E-state index in [4.69, 9.17) is 0 Å². The Bertz CT molecular complexity index is 525. The van der Waals surface area contributed by atoms with Crippen molar-refractivity contribution in [3.63, 3.8) is 0 Å².